The summed E-state index contributed by atoms with van der Waals surface area (Å²) in [5, 5.41) is 35.4. The lowest BCUT2D eigenvalue weighted by Gasteiger charge is -2.25. The predicted molar refractivity (Wildman–Crippen MR) is 82.7 cm³/mol. The van der Waals surface area contributed by atoms with E-state index in [4.69, 9.17) is 26.2 Å². The number of aliphatic carboxylic acids is 2. The number of carboxylic acid groups (broad SMARTS) is 2. The van der Waals surface area contributed by atoms with Crippen molar-refractivity contribution in [2.45, 2.75) is 64.2 Å². The van der Waals surface area contributed by atoms with Gasteiger partial charge in [0, 0.05) is 5.54 Å². The molecule has 0 saturated carbocycles. The summed E-state index contributed by atoms with van der Waals surface area (Å²) in [5.74, 6) is -3.61. The van der Waals surface area contributed by atoms with Crippen LogP contribution in [-0.2, 0) is 14.4 Å². The molecule has 2 unspecified atom stereocenters. The predicted octanol–water partition coefficient (Wildman–Crippen LogP) is -0.702. The molecule has 0 spiro atoms. The molecule has 0 bridgehead atoms. The van der Waals surface area contributed by atoms with Gasteiger partial charge in [-0.1, -0.05) is 26.2 Å². The van der Waals surface area contributed by atoms with Crippen LogP contribution < -0.4 is 11.1 Å². The van der Waals surface area contributed by atoms with Crippen LogP contribution in [0.4, 0.5) is 0 Å². The van der Waals surface area contributed by atoms with E-state index >= 15 is 0 Å². The molecule has 0 aliphatic rings. The minimum absolute atomic E-state index is 0.0681. The zero-order valence-electron chi connectivity index (χ0n) is 13.8. The molecule has 0 heterocycles. The molecule has 9 heteroatoms. The van der Waals surface area contributed by atoms with E-state index in [2.05, 4.69) is 12.2 Å². The number of hydrogen-bond donors (Lipinski definition) is 6. The highest BCUT2D eigenvalue weighted by Gasteiger charge is 2.29. The Morgan fingerprint density at radius 2 is 1.48 bits per heavy atom. The number of hydrogen-bond acceptors (Lipinski definition) is 6. The summed E-state index contributed by atoms with van der Waals surface area (Å²) in [4.78, 5) is 30.6. The standard InChI is InChI=1S/C10H22N2O.C4H6O6/c1-4-5-6-7-10(2,3)12-9(13)8-11;5-1(3(7)8)2(6)4(9)10/h4-8,11H2,1-3H3,(H,12,13);1-2,5-6H,(H,7,8)(H,9,10). The third kappa shape index (κ3) is 12.5. The lowest BCUT2D eigenvalue weighted by atomic mass is 9.97. The van der Waals surface area contributed by atoms with E-state index in [1.165, 1.54) is 12.8 Å². The van der Waals surface area contributed by atoms with E-state index in [0.717, 1.165) is 12.8 Å². The maximum atomic E-state index is 11.0. The minimum Gasteiger partial charge on any atom is -0.479 e. The SMILES string of the molecule is CCCCCC(C)(C)NC(=O)CN.O=C(O)C(O)C(O)C(=O)O. The minimum atomic E-state index is -2.27. The van der Waals surface area contributed by atoms with Crippen molar-refractivity contribution in [2.75, 3.05) is 6.54 Å². The molecule has 0 aliphatic carbocycles. The molecule has 0 fully saturated rings. The molecule has 23 heavy (non-hydrogen) atoms. The Hall–Kier alpha value is -1.71. The van der Waals surface area contributed by atoms with Crippen molar-refractivity contribution in [3.05, 3.63) is 0 Å². The summed E-state index contributed by atoms with van der Waals surface area (Å²) in [6, 6.07) is 0. The van der Waals surface area contributed by atoms with Crippen molar-refractivity contribution in [3.8, 4) is 0 Å². The fourth-order valence-electron chi connectivity index (χ4n) is 1.58. The van der Waals surface area contributed by atoms with Crippen molar-refractivity contribution < 1.29 is 34.8 Å². The van der Waals surface area contributed by atoms with Gasteiger partial charge in [-0.2, -0.15) is 0 Å². The number of unbranched alkanes of at least 4 members (excludes halogenated alkanes) is 2. The highest BCUT2D eigenvalue weighted by Crippen LogP contribution is 2.13. The van der Waals surface area contributed by atoms with Crippen molar-refractivity contribution in [1.29, 1.82) is 0 Å². The highest BCUT2D eigenvalue weighted by atomic mass is 16.4. The smallest absolute Gasteiger partial charge is 0.335 e. The molecule has 0 saturated heterocycles. The first-order valence-electron chi connectivity index (χ1n) is 7.31. The number of amides is 1. The van der Waals surface area contributed by atoms with E-state index in [1.807, 2.05) is 13.8 Å². The first-order chi connectivity index (χ1) is 10.5. The van der Waals surface area contributed by atoms with Gasteiger partial charge >= 0.3 is 11.9 Å². The Labute approximate surface area is 135 Å². The number of carboxylic acids is 2. The number of rotatable bonds is 9. The Balaban J connectivity index is 0. The van der Waals surface area contributed by atoms with Gasteiger partial charge in [0.15, 0.2) is 12.2 Å². The second-order valence-electron chi connectivity index (χ2n) is 5.66. The van der Waals surface area contributed by atoms with Gasteiger partial charge in [-0.05, 0) is 20.3 Å². The molecule has 0 aliphatic heterocycles. The summed E-state index contributed by atoms with van der Waals surface area (Å²) < 4.78 is 0. The zero-order valence-corrected chi connectivity index (χ0v) is 13.8. The van der Waals surface area contributed by atoms with Crippen LogP contribution in [0.15, 0.2) is 0 Å². The van der Waals surface area contributed by atoms with Crippen molar-refractivity contribution in [1.82, 2.24) is 5.32 Å². The highest BCUT2D eigenvalue weighted by molar-refractivity contribution is 5.83. The Kier molecular flexibility index (Phi) is 12.1. The molecule has 2 atom stereocenters. The van der Waals surface area contributed by atoms with Gasteiger partial charge in [-0.15, -0.1) is 0 Å². The van der Waals surface area contributed by atoms with Crippen LogP contribution in [-0.4, -0.2) is 62.6 Å². The van der Waals surface area contributed by atoms with Crippen LogP contribution in [0, 0.1) is 0 Å². The van der Waals surface area contributed by atoms with Crippen molar-refractivity contribution in [3.63, 3.8) is 0 Å². The maximum absolute atomic E-state index is 11.0. The van der Waals surface area contributed by atoms with E-state index in [1.54, 1.807) is 0 Å². The molecule has 9 nitrogen and oxygen atoms in total. The summed E-state index contributed by atoms with van der Waals surface area (Å²) in [7, 11) is 0. The van der Waals surface area contributed by atoms with Gasteiger partial charge in [0.1, 0.15) is 0 Å². The van der Waals surface area contributed by atoms with Gasteiger partial charge < -0.3 is 31.5 Å². The normalized spacial score (nSPS) is 13.3. The van der Waals surface area contributed by atoms with Crippen LogP contribution in [0.5, 0.6) is 0 Å². The van der Waals surface area contributed by atoms with Crippen molar-refractivity contribution >= 4 is 17.8 Å². The average Bonchev–Trinajstić information content (AvgIpc) is 2.45. The van der Waals surface area contributed by atoms with Crippen LogP contribution in [0.1, 0.15) is 46.5 Å². The quantitative estimate of drug-likeness (QED) is 0.300. The van der Waals surface area contributed by atoms with Crippen LogP contribution in [0.25, 0.3) is 0 Å². The lowest BCUT2D eigenvalue weighted by molar-refractivity contribution is -0.165. The molecule has 0 rings (SSSR count). The van der Waals surface area contributed by atoms with Gasteiger partial charge in [-0.25, -0.2) is 9.59 Å². The maximum Gasteiger partial charge on any atom is 0.335 e. The molecule has 0 aromatic rings. The molecular weight excluding hydrogens is 308 g/mol. The van der Waals surface area contributed by atoms with E-state index in [0.29, 0.717) is 0 Å². The second-order valence-corrected chi connectivity index (χ2v) is 5.66. The first kappa shape index (κ1) is 23.6. The van der Waals surface area contributed by atoms with Crippen LogP contribution >= 0.6 is 0 Å². The van der Waals surface area contributed by atoms with E-state index in [-0.39, 0.29) is 18.0 Å². The molecule has 136 valence electrons. The summed E-state index contributed by atoms with van der Waals surface area (Å²) in [5.41, 5.74) is 5.12. The van der Waals surface area contributed by atoms with E-state index < -0.39 is 24.1 Å². The molecule has 0 aromatic carbocycles. The Morgan fingerprint density at radius 3 is 1.78 bits per heavy atom. The number of aliphatic hydroxyl groups excluding tert-OH is 2. The Bertz CT molecular complexity index is 367. The third-order valence-electron chi connectivity index (χ3n) is 2.87. The molecule has 7 N–H and O–H groups in total. The van der Waals surface area contributed by atoms with Crippen molar-refractivity contribution in [2.24, 2.45) is 5.73 Å². The van der Waals surface area contributed by atoms with Crippen LogP contribution in [0.2, 0.25) is 0 Å². The zero-order chi connectivity index (χ0) is 18.6. The number of carbonyl (C=O) groups is 3. The Morgan fingerprint density at radius 1 is 1.04 bits per heavy atom. The fourth-order valence-corrected chi connectivity index (χ4v) is 1.58. The average molecular weight is 336 g/mol. The first-order valence-corrected chi connectivity index (χ1v) is 7.31. The number of nitrogens with two attached hydrogens (primary N) is 1. The second kappa shape index (κ2) is 11.8. The summed E-state index contributed by atoms with van der Waals surface area (Å²) in [6.07, 6.45) is 0.0824. The van der Waals surface area contributed by atoms with Gasteiger partial charge in [0.05, 0.1) is 6.54 Å². The molecule has 1 amide bonds. The molecule has 0 radical (unpaired) electrons. The number of aliphatic hydroxyl groups is 2. The summed E-state index contributed by atoms with van der Waals surface area (Å²) in [6.45, 7) is 6.33. The molecular formula is C14H28N2O7. The lowest BCUT2D eigenvalue weighted by Crippen LogP contribution is -2.45. The largest absolute Gasteiger partial charge is 0.479 e. The fraction of sp³-hybridized carbons (Fsp3) is 0.786. The molecule has 0 aromatic heterocycles. The summed E-state index contributed by atoms with van der Waals surface area (Å²) >= 11 is 0. The van der Waals surface area contributed by atoms with Gasteiger partial charge in [-0.3, -0.25) is 4.79 Å². The number of carbonyl (C=O) groups excluding carboxylic acids is 1. The topological polar surface area (TPSA) is 170 Å². The monoisotopic (exact) mass is 336 g/mol. The van der Waals surface area contributed by atoms with Gasteiger partial charge in [0.25, 0.3) is 0 Å². The third-order valence-corrected chi connectivity index (χ3v) is 2.87. The van der Waals surface area contributed by atoms with E-state index in [9.17, 15) is 14.4 Å². The van der Waals surface area contributed by atoms with Gasteiger partial charge in [0.2, 0.25) is 5.91 Å². The number of nitrogens with one attached hydrogen (secondary N) is 1. The van der Waals surface area contributed by atoms with Crippen LogP contribution in [0.3, 0.4) is 0 Å².